The number of carbonyl (C=O) groups excluding carboxylic acids is 1. The van der Waals surface area contributed by atoms with Gasteiger partial charge in [0.1, 0.15) is 11.5 Å². The average Bonchev–Trinajstić information content (AvgIpc) is 3.29. The number of aryl methyl sites for hydroxylation is 1. The number of hydrogen-bond acceptors (Lipinski definition) is 4. The summed E-state index contributed by atoms with van der Waals surface area (Å²) in [5, 5.41) is 3.52. The van der Waals surface area contributed by atoms with Crippen molar-refractivity contribution in [3.8, 4) is 33.2 Å². The summed E-state index contributed by atoms with van der Waals surface area (Å²) in [6.07, 6.45) is 0. The summed E-state index contributed by atoms with van der Waals surface area (Å²) in [4.78, 5) is 18.9. The zero-order chi connectivity index (χ0) is 23.3. The van der Waals surface area contributed by atoms with E-state index in [0.29, 0.717) is 16.4 Å². The van der Waals surface area contributed by atoms with E-state index in [1.807, 2.05) is 60.7 Å². The standard InChI is InChI=1S/C29H22N2O2S/c1-20-15-17-21(18-16-20)26-27(22-9-4-2-5-10-22)34-29(30-26)31-28(32)23-11-8-14-25(19-23)33-24-12-6-3-7-13-24/h2-19H,1H3,(H,30,31,32). The molecule has 0 bridgehead atoms. The molecule has 34 heavy (non-hydrogen) atoms. The minimum atomic E-state index is -0.234. The van der Waals surface area contributed by atoms with Gasteiger partial charge in [-0.1, -0.05) is 95.8 Å². The predicted octanol–water partition coefficient (Wildman–Crippen LogP) is 7.83. The zero-order valence-electron chi connectivity index (χ0n) is 18.6. The number of thiazole rings is 1. The van der Waals surface area contributed by atoms with E-state index < -0.39 is 0 Å². The number of rotatable bonds is 6. The number of nitrogens with one attached hydrogen (secondary N) is 1. The Hall–Kier alpha value is -4.22. The zero-order valence-corrected chi connectivity index (χ0v) is 19.4. The van der Waals surface area contributed by atoms with Crippen molar-refractivity contribution in [3.05, 3.63) is 120 Å². The molecule has 0 unspecified atom stereocenters. The van der Waals surface area contributed by atoms with Crippen LogP contribution < -0.4 is 10.1 Å². The summed E-state index contributed by atoms with van der Waals surface area (Å²) >= 11 is 1.47. The number of nitrogens with zero attached hydrogens (tertiary/aromatic N) is 1. The van der Waals surface area contributed by atoms with E-state index in [1.165, 1.54) is 16.9 Å². The first kappa shape index (κ1) is 21.6. The topological polar surface area (TPSA) is 51.2 Å². The second-order valence-corrected chi connectivity index (χ2v) is 8.82. The Kier molecular flexibility index (Phi) is 6.19. The summed E-state index contributed by atoms with van der Waals surface area (Å²) in [5.74, 6) is 1.08. The van der Waals surface area contributed by atoms with Crippen LogP contribution >= 0.6 is 11.3 Å². The molecule has 5 heteroatoms. The molecule has 1 aromatic heterocycles. The molecule has 0 saturated carbocycles. The number of para-hydroxylation sites is 1. The van der Waals surface area contributed by atoms with Crippen molar-refractivity contribution < 1.29 is 9.53 Å². The molecule has 0 spiro atoms. The van der Waals surface area contributed by atoms with Crippen LogP contribution in [0.5, 0.6) is 11.5 Å². The van der Waals surface area contributed by atoms with Gasteiger partial charge < -0.3 is 4.74 Å². The highest BCUT2D eigenvalue weighted by molar-refractivity contribution is 7.19. The number of amides is 1. The first-order valence-electron chi connectivity index (χ1n) is 10.9. The molecule has 1 amide bonds. The lowest BCUT2D eigenvalue weighted by atomic mass is 10.1. The summed E-state index contributed by atoms with van der Waals surface area (Å²) in [5.41, 5.74) is 4.62. The largest absolute Gasteiger partial charge is 0.457 e. The number of aromatic nitrogens is 1. The van der Waals surface area contributed by atoms with Crippen LogP contribution in [0.15, 0.2) is 109 Å². The fourth-order valence-electron chi connectivity index (χ4n) is 3.56. The molecular weight excluding hydrogens is 440 g/mol. The van der Waals surface area contributed by atoms with Crippen molar-refractivity contribution in [2.75, 3.05) is 5.32 Å². The molecule has 5 rings (SSSR count). The number of anilines is 1. The van der Waals surface area contributed by atoms with Crippen molar-refractivity contribution in [3.63, 3.8) is 0 Å². The maximum absolute atomic E-state index is 13.1. The molecule has 0 saturated heterocycles. The van der Waals surface area contributed by atoms with Gasteiger partial charge in [0.25, 0.3) is 5.91 Å². The predicted molar refractivity (Wildman–Crippen MR) is 139 cm³/mol. The molecule has 0 fully saturated rings. The number of hydrogen-bond donors (Lipinski definition) is 1. The molecule has 0 radical (unpaired) electrons. The first-order chi connectivity index (χ1) is 16.7. The minimum absolute atomic E-state index is 0.234. The maximum atomic E-state index is 13.1. The van der Waals surface area contributed by atoms with E-state index >= 15 is 0 Å². The fraction of sp³-hybridized carbons (Fsp3) is 0.0345. The van der Waals surface area contributed by atoms with E-state index in [2.05, 4.69) is 48.6 Å². The second kappa shape index (κ2) is 9.73. The van der Waals surface area contributed by atoms with Crippen LogP contribution in [-0.4, -0.2) is 10.9 Å². The van der Waals surface area contributed by atoms with Crippen LogP contribution in [-0.2, 0) is 0 Å². The monoisotopic (exact) mass is 462 g/mol. The van der Waals surface area contributed by atoms with E-state index in [0.717, 1.165) is 27.4 Å². The van der Waals surface area contributed by atoms with Gasteiger partial charge >= 0.3 is 0 Å². The van der Waals surface area contributed by atoms with Gasteiger partial charge in [-0.2, -0.15) is 0 Å². The highest BCUT2D eigenvalue weighted by atomic mass is 32.1. The van der Waals surface area contributed by atoms with Crippen LogP contribution in [0.2, 0.25) is 0 Å². The smallest absolute Gasteiger partial charge is 0.257 e. The normalized spacial score (nSPS) is 10.6. The Labute approximate surface area is 202 Å². The Morgan fingerprint density at radius 1 is 0.765 bits per heavy atom. The molecule has 1 heterocycles. The van der Waals surface area contributed by atoms with Crippen molar-refractivity contribution in [1.82, 2.24) is 4.98 Å². The molecule has 0 aliphatic rings. The quantitative estimate of drug-likeness (QED) is 0.280. The lowest BCUT2D eigenvalue weighted by Gasteiger charge is -2.07. The fourth-order valence-corrected chi connectivity index (χ4v) is 4.55. The van der Waals surface area contributed by atoms with Crippen molar-refractivity contribution in [2.24, 2.45) is 0 Å². The van der Waals surface area contributed by atoms with Crippen molar-refractivity contribution in [1.29, 1.82) is 0 Å². The Balaban J connectivity index is 1.43. The molecule has 4 nitrogen and oxygen atoms in total. The van der Waals surface area contributed by atoms with Gasteiger partial charge in [-0.05, 0) is 42.8 Å². The van der Waals surface area contributed by atoms with Crippen LogP contribution in [0.25, 0.3) is 21.7 Å². The summed E-state index contributed by atoms with van der Waals surface area (Å²) in [6, 6.07) is 35.0. The van der Waals surface area contributed by atoms with Gasteiger partial charge in [-0.3, -0.25) is 10.1 Å². The molecule has 1 N–H and O–H groups in total. The lowest BCUT2D eigenvalue weighted by Crippen LogP contribution is -2.11. The molecule has 4 aromatic carbocycles. The molecule has 5 aromatic rings. The van der Waals surface area contributed by atoms with Gasteiger partial charge in [0.15, 0.2) is 5.13 Å². The number of carbonyl (C=O) groups is 1. The van der Waals surface area contributed by atoms with Gasteiger partial charge in [0, 0.05) is 11.1 Å². The van der Waals surface area contributed by atoms with Crippen LogP contribution in [0.4, 0.5) is 5.13 Å². The number of benzene rings is 4. The van der Waals surface area contributed by atoms with Crippen LogP contribution in [0, 0.1) is 6.92 Å². The minimum Gasteiger partial charge on any atom is -0.457 e. The van der Waals surface area contributed by atoms with E-state index in [-0.39, 0.29) is 5.91 Å². The molecule has 0 atom stereocenters. The molecule has 0 aliphatic heterocycles. The summed E-state index contributed by atoms with van der Waals surface area (Å²) < 4.78 is 5.87. The van der Waals surface area contributed by atoms with Crippen molar-refractivity contribution in [2.45, 2.75) is 6.92 Å². The first-order valence-corrected chi connectivity index (χ1v) is 11.7. The van der Waals surface area contributed by atoms with E-state index in [9.17, 15) is 4.79 Å². The Morgan fingerprint density at radius 3 is 2.18 bits per heavy atom. The Morgan fingerprint density at radius 2 is 1.44 bits per heavy atom. The van der Waals surface area contributed by atoms with Gasteiger partial charge in [0.05, 0.1) is 10.6 Å². The van der Waals surface area contributed by atoms with E-state index in [1.54, 1.807) is 12.1 Å². The SMILES string of the molecule is Cc1ccc(-c2nc(NC(=O)c3cccc(Oc4ccccc4)c3)sc2-c2ccccc2)cc1. The lowest BCUT2D eigenvalue weighted by molar-refractivity contribution is 0.102. The van der Waals surface area contributed by atoms with E-state index in [4.69, 9.17) is 9.72 Å². The summed E-state index contributed by atoms with van der Waals surface area (Å²) in [6.45, 7) is 2.06. The second-order valence-electron chi connectivity index (χ2n) is 7.83. The highest BCUT2D eigenvalue weighted by Crippen LogP contribution is 2.39. The number of ether oxygens (including phenoxy) is 1. The molecule has 0 aliphatic carbocycles. The van der Waals surface area contributed by atoms with Gasteiger partial charge in [-0.15, -0.1) is 0 Å². The highest BCUT2D eigenvalue weighted by Gasteiger charge is 2.17. The van der Waals surface area contributed by atoms with Crippen LogP contribution in [0.3, 0.4) is 0 Å². The third-order valence-corrected chi connectivity index (χ3v) is 6.30. The Bertz CT molecular complexity index is 1410. The van der Waals surface area contributed by atoms with Crippen molar-refractivity contribution >= 4 is 22.4 Å². The molecule has 166 valence electrons. The summed E-state index contributed by atoms with van der Waals surface area (Å²) in [7, 11) is 0. The maximum Gasteiger partial charge on any atom is 0.257 e. The van der Waals surface area contributed by atoms with Crippen LogP contribution in [0.1, 0.15) is 15.9 Å². The average molecular weight is 463 g/mol. The third kappa shape index (κ3) is 4.90. The third-order valence-electron chi connectivity index (χ3n) is 5.28. The van der Waals surface area contributed by atoms with Gasteiger partial charge in [-0.25, -0.2) is 4.98 Å². The molecular formula is C29H22N2O2S. The van der Waals surface area contributed by atoms with Gasteiger partial charge in [0.2, 0.25) is 0 Å².